The van der Waals surface area contributed by atoms with Gasteiger partial charge in [0.15, 0.2) is 0 Å². The van der Waals surface area contributed by atoms with Crippen LogP contribution in [0.5, 0.6) is 0 Å². The Morgan fingerprint density at radius 3 is 2.59 bits per heavy atom. The highest BCUT2D eigenvalue weighted by Crippen LogP contribution is 2.41. The molecule has 1 N–H and O–H groups in total. The number of rotatable bonds is 2. The van der Waals surface area contributed by atoms with Crippen molar-refractivity contribution in [2.45, 2.75) is 58.1 Å². The molecule has 0 saturated carbocycles. The molecule has 0 saturated heterocycles. The summed E-state index contributed by atoms with van der Waals surface area (Å²) in [6.45, 7) is 7.62. The molecule has 0 aromatic heterocycles. The van der Waals surface area contributed by atoms with E-state index in [4.69, 9.17) is 16.3 Å². The van der Waals surface area contributed by atoms with Crippen LogP contribution in [0.25, 0.3) is 0 Å². The van der Waals surface area contributed by atoms with Gasteiger partial charge in [0, 0.05) is 10.6 Å². The molecule has 1 aliphatic rings. The first-order chi connectivity index (χ1) is 10.2. The first-order valence-corrected chi connectivity index (χ1v) is 8.06. The zero-order valence-electron chi connectivity index (χ0n) is 13.7. The van der Waals surface area contributed by atoms with Gasteiger partial charge in [-0.2, -0.15) is 0 Å². The van der Waals surface area contributed by atoms with Gasteiger partial charge in [-0.3, -0.25) is 0 Å². The summed E-state index contributed by atoms with van der Waals surface area (Å²) in [4.78, 5) is 12.4. The molecule has 0 aliphatic heterocycles. The van der Waals surface area contributed by atoms with Crippen LogP contribution in [0.1, 0.15) is 52.5 Å². The minimum atomic E-state index is -0.584. The summed E-state index contributed by atoms with van der Waals surface area (Å²) in [5.74, 6) is 0. The molecule has 1 aromatic carbocycles. The molecule has 1 aromatic rings. The van der Waals surface area contributed by atoms with Gasteiger partial charge in [-0.1, -0.05) is 35.9 Å². The maximum Gasteiger partial charge on any atom is 0.408 e. The summed E-state index contributed by atoms with van der Waals surface area (Å²) in [5, 5.41) is 3.74. The van der Waals surface area contributed by atoms with Gasteiger partial charge in [-0.05, 0) is 58.6 Å². The van der Waals surface area contributed by atoms with E-state index in [2.05, 4.69) is 11.4 Å². The summed E-state index contributed by atoms with van der Waals surface area (Å²) in [7, 11) is 0. The third kappa shape index (κ3) is 3.64. The van der Waals surface area contributed by atoms with E-state index in [1.807, 2.05) is 52.0 Å². The lowest BCUT2D eigenvalue weighted by Gasteiger charge is -2.39. The van der Waals surface area contributed by atoms with Crippen molar-refractivity contribution >= 4 is 17.7 Å². The second kappa shape index (κ2) is 6.33. The Labute approximate surface area is 137 Å². The van der Waals surface area contributed by atoms with Gasteiger partial charge in [-0.25, -0.2) is 4.79 Å². The third-order valence-electron chi connectivity index (χ3n) is 3.93. The lowest BCUT2D eigenvalue weighted by atomic mass is 9.75. The Balaban J connectivity index is 2.40. The largest absolute Gasteiger partial charge is 0.444 e. The molecule has 0 fully saturated rings. The van der Waals surface area contributed by atoms with E-state index in [1.165, 1.54) is 0 Å². The van der Waals surface area contributed by atoms with Crippen molar-refractivity contribution in [2.24, 2.45) is 0 Å². The molecule has 3 nitrogen and oxygen atoms in total. The van der Waals surface area contributed by atoms with Gasteiger partial charge in [0.05, 0.1) is 5.54 Å². The van der Waals surface area contributed by atoms with Gasteiger partial charge in [0.1, 0.15) is 5.60 Å². The molecule has 1 atom stereocenters. The maximum atomic E-state index is 12.4. The number of hydrogen-bond acceptors (Lipinski definition) is 2. The van der Waals surface area contributed by atoms with Crippen molar-refractivity contribution in [3.05, 3.63) is 46.5 Å². The van der Waals surface area contributed by atoms with Crippen LogP contribution < -0.4 is 5.32 Å². The van der Waals surface area contributed by atoms with Crippen LogP contribution >= 0.6 is 11.6 Å². The Kier molecular flexibility index (Phi) is 4.86. The van der Waals surface area contributed by atoms with E-state index in [0.29, 0.717) is 5.02 Å². The number of allylic oxidation sites excluding steroid dienone is 1. The molecule has 120 valence electrons. The predicted molar refractivity (Wildman–Crippen MR) is 90.1 cm³/mol. The third-order valence-corrected chi connectivity index (χ3v) is 4.26. The molecule has 0 bridgehead atoms. The highest BCUT2D eigenvalue weighted by atomic mass is 35.5. The summed E-state index contributed by atoms with van der Waals surface area (Å²) >= 11 is 6.41. The van der Waals surface area contributed by atoms with E-state index in [-0.39, 0.29) is 0 Å². The highest BCUT2D eigenvalue weighted by molar-refractivity contribution is 6.31. The van der Waals surface area contributed by atoms with Crippen LogP contribution in [0.2, 0.25) is 5.02 Å². The molecular formula is C18H24ClNO2. The van der Waals surface area contributed by atoms with Crippen molar-refractivity contribution < 1.29 is 9.53 Å². The predicted octanol–water partition coefficient (Wildman–Crippen LogP) is 5.19. The van der Waals surface area contributed by atoms with Gasteiger partial charge < -0.3 is 10.1 Å². The molecular weight excluding hydrogens is 298 g/mol. The van der Waals surface area contributed by atoms with Crippen molar-refractivity contribution in [3.8, 4) is 0 Å². The summed E-state index contributed by atoms with van der Waals surface area (Å²) < 4.78 is 5.45. The molecule has 2 rings (SSSR count). The Morgan fingerprint density at radius 2 is 2.00 bits per heavy atom. The topological polar surface area (TPSA) is 38.3 Å². The van der Waals surface area contributed by atoms with E-state index in [9.17, 15) is 4.79 Å². The van der Waals surface area contributed by atoms with Crippen LogP contribution in [0.15, 0.2) is 35.9 Å². The average molecular weight is 322 g/mol. The number of nitrogens with one attached hydrogen (secondary N) is 1. The Bertz CT molecular complexity index is 589. The lowest BCUT2D eigenvalue weighted by molar-refractivity contribution is 0.0461. The summed E-state index contributed by atoms with van der Waals surface area (Å²) in [5.41, 5.74) is 0.922. The van der Waals surface area contributed by atoms with Crippen LogP contribution in [0.4, 0.5) is 4.79 Å². The van der Waals surface area contributed by atoms with Gasteiger partial charge >= 0.3 is 6.09 Å². The van der Waals surface area contributed by atoms with E-state index < -0.39 is 17.2 Å². The maximum absolute atomic E-state index is 12.4. The summed E-state index contributed by atoms with van der Waals surface area (Å²) in [6.07, 6.45) is 4.59. The number of ether oxygens (including phenoxy) is 1. The van der Waals surface area contributed by atoms with Crippen LogP contribution in [-0.4, -0.2) is 11.7 Å². The highest BCUT2D eigenvalue weighted by Gasteiger charge is 2.39. The minimum Gasteiger partial charge on any atom is -0.444 e. The quantitative estimate of drug-likeness (QED) is 0.761. The van der Waals surface area contributed by atoms with Crippen molar-refractivity contribution in [3.63, 3.8) is 0 Å². The van der Waals surface area contributed by atoms with Gasteiger partial charge in [-0.15, -0.1) is 0 Å². The number of alkyl carbamates (subject to hydrolysis) is 1. The average Bonchev–Trinajstić information content (AvgIpc) is 2.40. The number of halogens is 1. The van der Waals surface area contributed by atoms with Gasteiger partial charge in [0.25, 0.3) is 0 Å². The molecule has 0 spiro atoms. The second-order valence-corrected chi connectivity index (χ2v) is 7.20. The van der Waals surface area contributed by atoms with Crippen molar-refractivity contribution in [1.29, 1.82) is 0 Å². The van der Waals surface area contributed by atoms with Crippen LogP contribution in [-0.2, 0) is 10.3 Å². The molecule has 4 heteroatoms. The molecule has 1 amide bonds. The molecule has 0 unspecified atom stereocenters. The standard InChI is InChI=1S/C18H24ClNO2/c1-13-9-7-8-12-18(13,14-10-5-6-11-15(14)19)20-16(21)22-17(2,3)4/h5-6,9-11H,7-8,12H2,1-4H3,(H,20,21)/t18-/m0/s1. The zero-order valence-corrected chi connectivity index (χ0v) is 14.5. The number of carbonyl (C=O) groups excluding carboxylic acids is 1. The van der Waals surface area contributed by atoms with Crippen LogP contribution in [0, 0.1) is 0 Å². The zero-order chi connectivity index (χ0) is 16.4. The molecule has 0 radical (unpaired) electrons. The van der Waals surface area contributed by atoms with E-state index >= 15 is 0 Å². The molecule has 22 heavy (non-hydrogen) atoms. The number of amides is 1. The Hall–Kier alpha value is -1.48. The van der Waals surface area contributed by atoms with Gasteiger partial charge in [0.2, 0.25) is 0 Å². The van der Waals surface area contributed by atoms with E-state index in [1.54, 1.807) is 0 Å². The first-order valence-electron chi connectivity index (χ1n) is 7.68. The van der Waals surface area contributed by atoms with Crippen molar-refractivity contribution in [1.82, 2.24) is 5.32 Å². The second-order valence-electron chi connectivity index (χ2n) is 6.79. The fourth-order valence-electron chi connectivity index (χ4n) is 2.92. The Morgan fingerprint density at radius 1 is 1.32 bits per heavy atom. The fourth-order valence-corrected chi connectivity index (χ4v) is 3.21. The number of benzene rings is 1. The molecule has 1 aliphatic carbocycles. The molecule has 0 heterocycles. The van der Waals surface area contributed by atoms with Crippen molar-refractivity contribution in [2.75, 3.05) is 0 Å². The normalized spacial score (nSPS) is 22.0. The summed E-state index contributed by atoms with van der Waals surface area (Å²) in [6, 6.07) is 7.68. The number of carbonyl (C=O) groups is 1. The first kappa shape index (κ1) is 16.9. The number of hydrogen-bond donors (Lipinski definition) is 1. The smallest absolute Gasteiger partial charge is 0.408 e. The van der Waals surface area contributed by atoms with E-state index in [0.717, 1.165) is 30.4 Å². The fraction of sp³-hybridized carbons (Fsp3) is 0.500. The lowest BCUT2D eigenvalue weighted by Crippen LogP contribution is -2.49. The van der Waals surface area contributed by atoms with Crippen LogP contribution in [0.3, 0.4) is 0 Å². The minimum absolute atomic E-state index is 0.415. The SMILES string of the molecule is CC1=CCCC[C@@]1(NC(=O)OC(C)(C)C)c1ccccc1Cl. The monoisotopic (exact) mass is 321 g/mol.